The fraction of sp³-hybridized carbons (Fsp3) is 0.600. The quantitative estimate of drug-likeness (QED) is 0.855. The maximum atomic E-state index is 12.2. The van der Waals surface area contributed by atoms with Gasteiger partial charge in [0.15, 0.2) is 0 Å². The molecule has 1 atom stereocenters. The summed E-state index contributed by atoms with van der Waals surface area (Å²) in [6.07, 6.45) is 3.59. The Morgan fingerprint density at radius 2 is 2.14 bits per heavy atom. The summed E-state index contributed by atoms with van der Waals surface area (Å²) in [5.41, 5.74) is 7.35. The predicted molar refractivity (Wildman–Crippen MR) is 81.7 cm³/mol. The van der Waals surface area contributed by atoms with Crippen molar-refractivity contribution in [3.63, 3.8) is 0 Å². The Morgan fingerprint density at radius 1 is 1.48 bits per heavy atom. The van der Waals surface area contributed by atoms with E-state index in [0.29, 0.717) is 13.1 Å². The molecule has 21 heavy (non-hydrogen) atoms. The van der Waals surface area contributed by atoms with Crippen LogP contribution in [0.3, 0.4) is 0 Å². The number of amides is 1. The van der Waals surface area contributed by atoms with Crippen molar-refractivity contribution in [2.75, 3.05) is 13.1 Å². The maximum absolute atomic E-state index is 12.2. The van der Waals surface area contributed by atoms with Gasteiger partial charge in [-0.2, -0.15) is 0 Å². The van der Waals surface area contributed by atoms with Crippen molar-refractivity contribution >= 4 is 11.7 Å². The van der Waals surface area contributed by atoms with Gasteiger partial charge in [0.25, 0.3) is 0 Å². The van der Waals surface area contributed by atoms with E-state index in [-0.39, 0.29) is 12.1 Å². The van der Waals surface area contributed by atoms with Crippen LogP contribution in [0.1, 0.15) is 32.3 Å². The number of aryl methyl sites for hydroxylation is 2. The standard InChI is InChI=1S/C15H24N4O2/c1-10-17-13(9-18(10)5)11-6-12(16)8-19(7-11)14(20)21-15(2,3)4/h6,9,12H,7-8,16H2,1-5H3. The van der Waals surface area contributed by atoms with E-state index in [9.17, 15) is 4.79 Å². The summed E-state index contributed by atoms with van der Waals surface area (Å²) in [5, 5.41) is 0. The molecule has 6 nitrogen and oxygen atoms in total. The van der Waals surface area contributed by atoms with E-state index in [1.54, 1.807) is 4.90 Å². The normalized spacial score (nSPS) is 19.4. The number of nitrogens with zero attached hydrogens (tertiary/aromatic N) is 3. The van der Waals surface area contributed by atoms with Gasteiger partial charge in [-0.05, 0) is 33.3 Å². The third kappa shape index (κ3) is 3.85. The average Bonchev–Trinajstić information content (AvgIpc) is 2.67. The Balaban J connectivity index is 2.16. The van der Waals surface area contributed by atoms with Crippen LogP contribution in [0.5, 0.6) is 0 Å². The summed E-state index contributed by atoms with van der Waals surface area (Å²) >= 11 is 0. The van der Waals surface area contributed by atoms with Crippen LogP contribution >= 0.6 is 0 Å². The van der Waals surface area contributed by atoms with Gasteiger partial charge < -0.3 is 19.9 Å². The van der Waals surface area contributed by atoms with E-state index in [1.165, 1.54) is 0 Å². The minimum Gasteiger partial charge on any atom is -0.444 e. The van der Waals surface area contributed by atoms with Crippen LogP contribution in [-0.4, -0.2) is 45.3 Å². The molecule has 0 aromatic carbocycles. The second-order valence-corrected chi connectivity index (χ2v) is 6.50. The molecule has 0 saturated heterocycles. The molecule has 116 valence electrons. The van der Waals surface area contributed by atoms with Crippen LogP contribution in [0.25, 0.3) is 5.57 Å². The average molecular weight is 292 g/mol. The second-order valence-electron chi connectivity index (χ2n) is 6.50. The highest BCUT2D eigenvalue weighted by Gasteiger charge is 2.28. The molecule has 2 rings (SSSR count). The molecule has 1 aliphatic rings. The zero-order valence-electron chi connectivity index (χ0n) is 13.4. The topological polar surface area (TPSA) is 73.4 Å². The van der Waals surface area contributed by atoms with Crippen molar-refractivity contribution in [3.8, 4) is 0 Å². The van der Waals surface area contributed by atoms with Crippen LogP contribution < -0.4 is 5.73 Å². The van der Waals surface area contributed by atoms with Gasteiger partial charge in [-0.3, -0.25) is 0 Å². The molecule has 1 unspecified atom stereocenters. The number of ether oxygens (including phenoxy) is 1. The van der Waals surface area contributed by atoms with Crippen LogP contribution in [0.2, 0.25) is 0 Å². The lowest BCUT2D eigenvalue weighted by molar-refractivity contribution is 0.0265. The molecule has 0 aliphatic carbocycles. The van der Waals surface area contributed by atoms with E-state index >= 15 is 0 Å². The largest absolute Gasteiger partial charge is 0.444 e. The highest BCUT2D eigenvalue weighted by atomic mass is 16.6. The van der Waals surface area contributed by atoms with Crippen molar-refractivity contribution < 1.29 is 9.53 Å². The summed E-state index contributed by atoms with van der Waals surface area (Å²) in [6, 6.07) is -0.205. The monoisotopic (exact) mass is 292 g/mol. The Labute approximate surface area is 125 Å². The molecule has 0 spiro atoms. The molecule has 1 aliphatic heterocycles. The smallest absolute Gasteiger partial charge is 0.410 e. The highest BCUT2D eigenvalue weighted by Crippen LogP contribution is 2.21. The van der Waals surface area contributed by atoms with Crippen molar-refractivity contribution in [3.05, 3.63) is 23.8 Å². The Morgan fingerprint density at radius 3 is 2.67 bits per heavy atom. The number of hydrogen-bond donors (Lipinski definition) is 1. The number of aromatic nitrogens is 2. The second kappa shape index (κ2) is 5.52. The van der Waals surface area contributed by atoms with E-state index < -0.39 is 5.60 Å². The lowest BCUT2D eigenvalue weighted by Crippen LogP contribution is -2.46. The van der Waals surface area contributed by atoms with Gasteiger partial charge >= 0.3 is 6.09 Å². The lowest BCUT2D eigenvalue weighted by Gasteiger charge is -2.32. The molecule has 2 N–H and O–H groups in total. The minimum absolute atomic E-state index is 0.205. The Bertz CT molecular complexity index is 549. The van der Waals surface area contributed by atoms with Gasteiger partial charge in [-0.25, -0.2) is 9.78 Å². The summed E-state index contributed by atoms with van der Waals surface area (Å²) in [7, 11) is 1.95. The summed E-state index contributed by atoms with van der Waals surface area (Å²) in [5.74, 6) is 0.925. The zero-order chi connectivity index (χ0) is 15.8. The molecule has 2 heterocycles. The molecule has 6 heteroatoms. The fourth-order valence-corrected chi connectivity index (χ4v) is 2.23. The number of rotatable bonds is 1. The first kappa shape index (κ1) is 15.6. The molecule has 0 bridgehead atoms. The molecule has 0 radical (unpaired) electrons. The van der Waals surface area contributed by atoms with Crippen LogP contribution in [0, 0.1) is 6.92 Å². The van der Waals surface area contributed by atoms with E-state index in [1.807, 2.05) is 51.6 Å². The SMILES string of the molecule is Cc1nc(C2=CC(N)CN(C(=O)OC(C)(C)C)C2)cn1C. The van der Waals surface area contributed by atoms with E-state index in [2.05, 4.69) is 4.98 Å². The van der Waals surface area contributed by atoms with E-state index in [4.69, 9.17) is 10.5 Å². The van der Waals surface area contributed by atoms with Gasteiger partial charge in [0, 0.05) is 25.8 Å². The Hall–Kier alpha value is -1.82. The summed E-state index contributed by atoms with van der Waals surface area (Å²) in [6.45, 7) is 8.44. The number of carbonyl (C=O) groups is 1. The first-order valence-electron chi connectivity index (χ1n) is 7.10. The van der Waals surface area contributed by atoms with Crippen LogP contribution in [0.15, 0.2) is 12.3 Å². The third-order valence-electron chi connectivity index (χ3n) is 3.30. The van der Waals surface area contributed by atoms with Gasteiger partial charge in [-0.1, -0.05) is 6.08 Å². The number of hydrogen-bond acceptors (Lipinski definition) is 4. The molecular weight excluding hydrogens is 268 g/mol. The van der Waals surface area contributed by atoms with Crippen molar-refractivity contribution in [2.45, 2.75) is 39.3 Å². The predicted octanol–water partition coefficient (Wildman–Crippen LogP) is 1.69. The lowest BCUT2D eigenvalue weighted by atomic mass is 10.0. The summed E-state index contributed by atoms with van der Waals surface area (Å²) < 4.78 is 7.37. The number of imidazole rings is 1. The molecule has 0 fully saturated rings. The van der Waals surface area contributed by atoms with Gasteiger partial charge in [0.05, 0.1) is 12.2 Å². The minimum atomic E-state index is -0.510. The molecular formula is C15H24N4O2. The molecule has 1 aromatic heterocycles. The zero-order valence-corrected chi connectivity index (χ0v) is 13.4. The first-order valence-corrected chi connectivity index (χ1v) is 7.10. The van der Waals surface area contributed by atoms with Crippen molar-refractivity contribution in [2.24, 2.45) is 12.8 Å². The third-order valence-corrected chi connectivity index (χ3v) is 3.30. The number of carbonyl (C=O) groups excluding carboxylic acids is 1. The fourth-order valence-electron chi connectivity index (χ4n) is 2.23. The molecule has 0 saturated carbocycles. The number of nitrogens with two attached hydrogens (primary N) is 1. The van der Waals surface area contributed by atoms with Crippen LogP contribution in [-0.2, 0) is 11.8 Å². The highest BCUT2D eigenvalue weighted by molar-refractivity contribution is 5.75. The van der Waals surface area contributed by atoms with Crippen molar-refractivity contribution in [1.82, 2.24) is 14.5 Å². The van der Waals surface area contributed by atoms with Crippen molar-refractivity contribution in [1.29, 1.82) is 0 Å². The first-order chi connectivity index (χ1) is 9.65. The van der Waals surface area contributed by atoms with E-state index in [0.717, 1.165) is 17.1 Å². The van der Waals surface area contributed by atoms with Crippen LogP contribution in [0.4, 0.5) is 4.79 Å². The Kier molecular flexibility index (Phi) is 4.09. The maximum Gasteiger partial charge on any atom is 0.410 e. The summed E-state index contributed by atoms with van der Waals surface area (Å²) in [4.78, 5) is 18.3. The van der Waals surface area contributed by atoms with Gasteiger partial charge in [0.1, 0.15) is 11.4 Å². The molecule has 1 aromatic rings. The van der Waals surface area contributed by atoms with Gasteiger partial charge in [0.2, 0.25) is 0 Å². The molecule has 1 amide bonds. The van der Waals surface area contributed by atoms with Gasteiger partial charge in [-0.15, -0.1) is 0 Å².